The number of esters is 2. The minimum atomic E-state index is -0.259. The molecule has 0 unspecified atom stereocenters. The van der Waals surface area contributed by atoms with Gasteiger partial charge in [0.25, 0.3) is 0 Å². The molecule has 2 saturated carbocycles. The molecule has 4 nitrogen and oxygen atoms in total. The zero-order valence-corrected chi connectivity index (χ0v) is 35.4. The normalized spacial score (nSPS) is 21.8. The Bertz CT molecular complexity index is 1860. The predicted molar refractivity (Wildman–Crippen MR) is 236 cm³/mol. The summed E-state index contributed by atoms with van der Waals surface area (Å²) in [5.74, 6) is 3.68. The van der Waals surface area contributed by atoms with E-state index in [4.69, 9.17) is 9.47 Å². The molecule has 4 heteroatoms. The van der Waals surface area contributed by atoms with Crippen LogP contribution in [0.25, 0.3) is 11.1 Å². The van der Waals surface area contributed by atoms with Crippen molar-refractivity contribution in [2.24, 2.45) is 11.8 Å². The Hall–Kier alpha value is -4.18. The summed E-state index contributed by atoms with van der Waals surface area (Å²) in [7, 11) is 0. The number of hydrogen-bond acceptors (Lipinski definition) is 4. The summed E-state index contributed by atoms with van der Waals surface area (Å²) >= 11 is 0. The second-order valence-electron chi connectivity index (χ2n) is 18.4. The van der Waals surface area contributed by atoms with Gasteiger partial charge in [-0.25, -0.2) is 0 Å². The zero-order valence-electron chi connectivity index (χ0n) is 35.4. The van der Waals surface area contributed by atoms with E-state index in [1.54, 1.807) is 0 Å². The number of rotatable bonds is 13. The van der Waals surface area contributed by atoms with Crippen molar-refractivity contribution in [3.63, 3.8) is 0 Å². The van der Waals surface area contributed by atoms with Crippen molar-refractivity contribution in [2.75, 3.05) is 0 Å². The van der Waals surface area contributed by atoms with Gasteiger partial charge >= 0.3 is 11.9 Å². The van der Waals surface area contributed by atoms with Crippen molar-refractivity contribution in [2.45, 2.75) is 167 Å². The molecular weight excluding hydrogens is 713 g/mol. The van der Waals surface area contributed by atoms with E-state index in [1.165, 1.54) is 110 Å². The molecule has 0 amide bonds. The maximum absolute atomic E-state index is 13.8. The Labute approximate surface area is 348 Å². The molecular formula is C54H66O4. The smallest absolute Gasteiger partial charge is 0.315 e. The van der Waals surface area contributed by atoms with E-state index in [2.05, 4.69) is 74.5 Å². The van der Waals surface area contributed by atoms with E-state index in [-0.39, 0.29) is 24.8 Å². The van der Waals surface area contributed by atoms with E-state index >= 15 is 0 Å². The number of hydrogen-bond donors (Lipinski definition) is 0. The highest BCUT2D eigenvalue weighted by molar-refractivity contribution is 5.88. The molecule has 0 aliphatic heterocycles. The average molecular weight is 779 g/mol. The minimum Gasteiger partial charge on any atom is -0.426 e. The van der Waals surface area contributed by atoms with Gasteiger partial charge in [0.2, 0.25) is 0 Å². The van der Waals surface area contributed by atoms with Crippen LogP contribution in [0.15, 0.2) is 72.8 Å². The highest BCUT2D eigenvalue weighted by atomic mass is 16.5. The van der Waals surface area contributed by atoms with Crippen LogP contribution in [0.4, 0.5) is 0 Å². The van der Waals surface area contributed by atoms with E-state index in [0.717, 1.165) is 85.5 Å². The highest BCUT2D eigenvalue weighted by Crippen LogP contribution is 2.47. The van der Waals surface area contributed by atoms with Crippen LogP contribution < -0.4 is 9.47 Å². The summed E-state index contributed by atoms with van der Waals surface area (Å²) < 4.78 is 12.8. The Balaban J connectivity index is 1.01. The lowest BCUT2D eigenvalue weighted by Gasteiger charge is -2.28. The van der Waals surface area contributed by atoms with Gasteiger partial charge in [0.15, 0.2) is 0 Å². The quantitative estimate of drug-likeness (QED) is 0.100. The Morgan fingerprint density at radius 3 is 1.24 bits per heavy atom. The summed E-state index contributed by atoms with van der Waals surface area (Å²) in [4.78, 5) is 27.7. The topological polar surface area (TPSA) is 52.6 Å². The van der Waals surface area contributed by atoms with Crippen molar-refractivity contribution in [1.29, 1.82) is 0 Å². The lowest BCUT2D eigenvalue weighted by molar-refractivity contribution is -0.134. The summed E-state index contributed by atoms with van der Waals surface area (Å²) in [6, 6.07) is 25.8. The van der Waals surface area contributed by atoms with E-state index < -0.39 is 0 Å². The third kappa shape index (κ3) is 9.64. The van der Waals surface area contributed by atoms with Crippen molar-refractivity contribution in [3.05, 3.63) is 117 Å². The van der Waals surface area contributed by atoms with Gasteiger partial charge in [-0.3, -0.25) is 9.59 Å². The molecule has 58 heavy (non-hydrogen) atoms. The second kappa shape index (κ2) is 19.3. The van der Waals surface area contributed by atoms with Gasteiger partial charge in [-0.2, -0.15) is 0 Å². The minimum absolute atomic E-state index is 0.216. The Morgan fingerprint density at radius 2 is 0.862 bits per heavy atom. The number of fused-ring (bicyclic) bond motifs is 2. The molecule has 306 valence electrons. The molecule has 0 bridgehead atoms. The summed E-state index contributed by atoms with van der Waals surface area (Å²) in [5, 5.41) is 0. The van der Waals surface area contributed by atoms with Crippen LogP contribution in [-0.2, 0) is 48.1 Å². The van der Waals surface area contributed by atoms with Crippen molar-refractivity contribution >= 4 is 11.9 Å². The van der Waals surface area contributed by atoms with Gasteiger partial charge in [0, 0.05) is 11.1 Å². The zero-order chi connectivity index (χ0) is 39.8. The molecule has 0 saturated heterocycles. The number of carbonyl (C=O) groups is 2. The van der Waals surface area contributed by atoms with Crippen LogP contribution in [0, 0.1) is 11.8 Å². The van der Waals surface area contributed by atoms with Crippen molar-refractivity contribution in [1.82, 2.24) is 0 Å². The third-order valence-electron chi connectivity index (χ3n) is 14.4. The average Bonchev–Trinajstić information content (AvgIpc) is 3.25. The second-order valence-corrected chi connectivity index (χ2v) is 18.4. The van der Waals surface area contributed by atoms with Gasteiger partial charge in [0.05, 0.1) is 12.8 Å². The van der Waals surface area contributed by atoms with E-state index in [0.29, 0.717) is 23.3 Å². The number of aryl methyl sites for hydroxylation is 2. The largest absolute Gasteiger partial charge is 0.426 e. The first kappa shape index (κ1) is 40.6. The predicted octanol–water partition coefficient (Wildman–Crippen LogP) is 13.6. The Morgan fingerprint density at radius 1 is 0.483 bits per heavy atom. The van der Waals surface area contributed by atoms with Crippen LogP contribution in [0.1, 0.15) is 173 Å². The van der Waals surface area contributed by atoms with Gasteiger partial charge in [-0.05, 0) is 183 Å². The maximum Gasteiger partial charge on any atom is 0.315 e. The standard InChI is InChI=1S/C54H66O4/c1-3-9-37-15-23-41(24-16-37)43-27-19-39(20-28-43)35-51(55)57-49-33-31-45-11-5-7-13-47(45)53(49)54-48-14-8-6-12-46(48)32-34-50(54)58-52(56)36-40-21-29-44(30-22-40)42-25-17-38(10-4-2)18-26-42/h19-22,27-34,37-38,41-42H,3-18,23-26,35-36H2,1-2H3. The Kier molecular flexibility index (Phi) is 13.5. The van der Waals surface area contributed by atoms with Crippen LogP contribution in [0.2, 0.25) is 0 Å². The molecule has 0 spiro atoms. The molecule has 4 aromatic rings. The molecule has 0 aromatic heterocycles. The SMILES string of the molecule is CCCC1CCC(c2ccc(CC(=O)Oc3ccc4c(c3-c3c(OC(=O)Cc5ccc(C6CCC(CCC)CC6)cc5)ccc5c3CCCC5)CCCC4)cc2)CC1. The lowest BCUT2D eigenvalue weighted by atomic mass is 9.77. The van der Waals surface area contributed by atoms with E-state index in [1.807, 2.05) is 12.1 Å². The fourth-order valence-electron chi connectivity index (χ4n) is 11.2. The summed E-state index contributed by atoms with van der Waals surface area (Å²) in [6.07, 6.45) is 24.4. The molecule has 4 aliphatic rings. The van der Waals surface area contributed by atoms with Gasteiger partial charge in [0.1, 0.15) is 11.5 Å². The van der Waals surface area contributed by atoms with Crippen molar-refractivity contribution in [3.8, 4) is 22.6 Å². The fourth-order valence-corrected chi connectivity index (χ4v) is 11.2. The number of carbonyl (C=O) groups excluding carboxylic acids is 2. The molecule has 2 fully saturated rings. The first-order valence-electron chi connectivity index (χ1n) is 23.3. The first-order chi connectivity index (χ1) is 28.4. The molecule has 0 atom stereocenters. The molecule has 0 N–H and O–H groups in total. The summed E-state index contributed by atoms with van der Waals surface area (Å²) in [6.45, 7) is 4.59. The van der Waals surface area contributed by atoms with Crippen LogP contribution in [0.3, 0.4) is 0 Å². The maximum atomic E-state index is 13.8. The number of benzene rings is 4. The van der Waals surface area contributed by atoms with E-state index in [9.17, 15) is 9.59 Å². The number of ether oxygens (including phenoxy) is 2. The van der Waals surface area contributed by atoms with Gasteiger partial charge in [-0.1, -0.05) is 100 Å². The lowest BCUT2D eigenvalue weighted by Crippen LogP contribution is -2.17. The van der Waals surface area contributed by atoms with Gasteiger partial charge in [-0.15, -0.1) is 0 Å². The van der Waals surface area contributed by atoms with Gasteiger partial charge < -0.3 is 9.47 Å². The van der Waals surface area contributed by atoms with Crippen LogP contribution in [0.5, 0.6) is 11.5 Å². The summed E-state index contributed by atoms with van der Waals surface area (Å²) in [5.41, 5.74) is 11.8. The molecule has 0 radical (unpaired) electrons. The first-order valence-corrected chi connectivity index (χ1v) is 23.3. The molecule has 4 aromatic carbocycles. The molecule has 8 rings (SSSR count). The molecule has 4 aliphatic carbocycles. The highest BCUT2D eigenvalue weighted by Gasteiger charge is 2.29. The molecule has 0 heterocycles. The van der Waals surface area contributed by atoms with Crippen molar-refractivity contribution < 1.29 is 19.1 Å². The third-order valence-corrected chi connectivity index (χ3v) is 14.4. The van der Waals surface area contributed by atoms with Crippen LogP contribution >= 0.6 is 0 Å². The van der Waals surface area contributed by atoms with Crippen LogP contribution in [-0.4, -0.2) is 11.9 Å². The fraction of sp³-hybridized carbons (Fsp3) is 0.519. The monoisotopic (exact) mass is 778 g/mol.